The number of morpholine rings is 1. The average molecular weight is 354 g/mol. The Morgan fingerprint density at radius 2 is 1.76 bits per heavy atom. The van der Waals surface area contributed by atoms with E-state index in [0.717, 1.165) is 52.2 Å². The molecule has 2 aliphatic heterocycles. The predicted molar refractivity (Wildman–Crippen MR) is 97.8 cm³/mol. The van der Waals surface area contributed by atoms with E-state index >= 15 is 0 Å². The zero-order valence-corrected chi connectivity index (χ0v) is 15.6. The third-order valence-corrected chi connectivity index (χ3v) is 5.74. The Hall–Kier alpha value is -0.850. The van der Waals surface area contributed by atoms with E-state index in [0.29, 0.717) is 25.3 Å². The van der Waals surface area contributed by atoms with Crippen LogP contribution in [0.2, 0.25) is 0 Å². The summed E-state index contributed by atoms with van der Waals surface area (Å²) in [5.74, 6) is 0. The van der Waals surface area contributed by atoms with Gasteiger partial charge in [0.05, 0.1) is 25.9 Å². The fraction of sp³-hybridized carbons (Fsp3) is 0.947. The minimum absolute atomic E-state index is 0.0835. The fourth-order valence-electron chi connectivity index (χ4n) is 4.27. The van der Waals surface area contributed by atoms with Crippen LogP contribution in [0.15, 0.2) is 0 Å². The monoisotopic (exact) mass is 353 g/mol. The Morgan fingerprint density at radius 3 is 2.52 bits per heavy atom. The molecule has 0 aromatic carbocycles. The largest absolute Gasteiger partial charge is 0.379 e. The molecule has 1 N–H and O–H groups in total. The number of carbonyl (C=O) groups is 1. The molecule has 1 atom stereocenters. The summed E-state index contributed by atoms with van der Waals surface area (Å²) < 4.78 is 11.4. The third kappa shape index (κ3) is 6.12. The molecule has 1 aliphatic carbocycles. The average Bonchev–Trinajstić information content (AvgIpc) is 2.94. The Bertz CT molecular complexity index is 393. The Balaban J connectivity index is 1.33. The second kappa shape index (κ2) is 10.3. The van der Waals surface area contributed by atoms with Gasteiger partial charge in [-0.25, -0.2) is 4.79 Å². The number of nitrogens with zero attached hydrogens (tertiary/aromatic N) is 2. The Labute approximate surface area is 152 Å². The lowest BCUT2D eigenvalue weighted by atomic mass is 10.1. The topological polar surface area (TPSA) is 54.0 Å². The number of nitrogens with one attached hydrogen (secondary N) is 1. The molecular weight excluding hydrogens is 318 g/mol. The highest BCUT2D eigenvalue weighted by molar-refractivity contribution is 5.74. The number of likely N-dealkylation sites (tertiary alicyclic amines) is 1. The van der Waals surface area contributed by atoms with E-state index in [1.807, 2.05) is 4.90 Å². The smallest absolute Gasteiger partial charge is 0.317 e. The van der Waals surface area contributed by atoms with Gasteiger partial charge in [0.1, 0.15) is 0 Å². The lowest BCUT2D eigenvalue weighted by molar-refractivity contribution is 0.0287. The van der Waals surface area contributed by atoms with Crippen molar-refractivity contribution in [2.45, 2.75) is 63.5 Å². The van der Waals surface area contributed by atoms with E-state index in [1.165, 1.54) is 38.5 Å². The Kier molecular flexibility index (Phi) is 7.82. The highest BCUT2D eigenvalue weighted by atomic mass is 16.5. The molecule has 3 fully saturated rings. The predicted octanol–water partition coefficient (Wildman–Crippen LogP) is 2.23. The van der Waals surface area contributed by atoms with Crippen molar-refractivity contribution in [1.82, 2.24) is 15.1 Å². The van der Waals surface area contributed by atoms with Gasteiger partial charge in [0.2, 0.25) is 0 Å². The number of hydrogen-bond donors (Lipinski definition) is 1. The molecule has 3 aliphatic rings. The number of amides is 2. The summed E-state index contributed by atoms with van der Waals surface area (Å²) in [6.45, 7) is 6.73. The van der Waals surface area contributed by atoms with Gasteiger partial charge in [-0.05, 0) is 25.7 Å². The van der Waals surface area contributed by atoms with Crippen molar-refractivity contribution in [3.05, 3.63) is 0 Å². The first kappa shape index (κ1) is 18.9. The van der Waals surface area contributed by atoms with Crippen molar-refractivity contribution >= 4 is 6.03 Å². The van der Waals surface area contributed by atoms with Crippen LogP contribution in [0.3, 0.4) is 0 Å². The van der Waals surface area contributed by atoms with Gasteiger partial charge in [0.25, 0.3) is 0 Å². The molecule has 0 radical (unpaired) electrons. The lowest BCUT2D eigenvalue weighted by Crippen LogP contribution is -2.49. The summed E-state index contributed by atoms with van der Waals surface area (Å²) in [6, 6.07) is 0.432. The van der Waals surface area contributed by atoms with Gasteiger partial charge in [-0.1, -0.05) is 25.7 Å². The van der Waals surface area contributed by atoms with E-state index in [4.69, 9.17) is 9.47 Å². The van der Waals surface area contributed by atoms with Crippen LogP contribution >= 0.6 is 0 Å². The first-order valence-electron chi connectivity index (χ1n) is 10.3. The highest BCUT2D eigenvalue weighted by Crippen LogP contribution is 2.20. The number of carbonyl (C=O) groups excluding carboxylic acids is 1. The van der Waals surface area contributed by atoms with Gasteiger partial charge in [-0.2, -0.15) is 0 Å². The summed E-state index contributed by atoms with van der Waals surface area (Å²) in [5.41, 5.74) is 0. The Morgan fingerprint density at radius 1 is 1.00 bits per heavy atom. The van der Waals surface area contributed by atoms with Gasteiger partial charge in [-0.3, -0.25) is 4.90 Å². The van der Waals surface area contributed by atoms with Crippen LogP contribution in [0.1, 0.15) is 51.4 Å². The first-order valence-corrected chi connectivity index (χ1v) is 10.3. The van der Waals surface area contributed by atoms with Crippen molar-refractivity contribution in [3.8, 4) is 0 Å². The van der Waals surface area contributed by atoms with Gasteiger partial charge in [0.15, 0.2) is 0 Å². The SMILES string of the molecule is O=C(NCCOC1CCCCCC1)N1CCCC1CN1CCOCC1. The zero-order valence-electron chi connectivity index (χ0n) is 15.6. The molecule has 2 heterocycles. The van der Waals surface area contributed by atoms with E-state index in [1.54, 1.807) is 0 Å². The molecule has 3 rings (SSSR count). The molecule has 0 spiro atoms. The van der Waals surface area contributed by atoms with Gasteiger partial charge in [0, 0.05) is 38.8 Å². The fourth-order valence-corrected chi connectivity index (χ4v) is 4.27. The van der Waals surface area contributed by atoms with Crippen molar-refractivity contribution in [2.24, 2.45) is 0 Å². The van der Waals surface area contributed by atoms with Crippen LogP contribution in [0, 0.1) is 0 Å². The molecule has 2 amide bonds. The molecular formula is C19H35N3O3. The van der Waals surface area contributed by atoms with Crippen molar-refractivity contribution in [2.75, 3.05) is 52.5 Å². The summed E-state index contributed by atoms with van der Waals surface area (Å²) in [7, 11) is 0. The maximum atomic E-state index is 12.5. The molecule has 0 aromatic rings. The quantitative estimate of drug-likeness (QED) is 0.588. The van der Waals surface area contributed by atoms with Crippen LogP contribution in [-0.4, -0.2) is 80.5 Å². The molecule has 0 bridgehead atoms. The normalized spacial score (nSPS) is 26.6. The van der Waals surface area contributed by atoms with Crippen LogP contribution in [-0.2, 0) is 9.47 Å². The molecule has 6 heteroatoms. The van der Waals surface area contributed by atoms with Crippen LogP contribution in [0.25, 0.3) is 0 Å². The summed E-state index contributed by atoms with van der Waals surface area (Å²) >= 11 is 0. The van der Waals surface area contributed by atoms with Crippen molar-refractivity contribution in [1.29, 1.82) is 0 Å². The number of rotatable bonds is 6. The highest BCUT2D eigenvalue weighted by Gasteiger charge is 2.30. The molecule has 25 heavy (non-hydrogen) atoms. The van der Waals surface area contributed by atoms with Crippen LogP contribution in [0.5, 0.6) is 0 Å². The molecule has 1 saturated carbocycles. The molecule has 1 unspecified atom stereocenters. The zero-order chi connectivity index (χ0) is 17.3. The first-order chi connectivity index (χ1) is 12.3. The van der Waals surface area contributed by atoms with Crippen molar-refractivity contribution in [3.63, 3.8) is 0 Å². The molecule has 2 saturated heterocycles. The van der Waals surface area contributed by atoms with Gasteiger partial charge in [-0.15, -0.1) is 0 Å². The third-order valence-electron chi connectivity index (χ3n) is 5.74. The molecule has 0 aromatic heterocycles. The van der Waals surface area contributed by atoms with Gasteiger partial charge < -0.3 is 19.7 Å². The van der Waals surface area contributed by atoms with E-state index in [-0.39, 0.29) is 6.03 Å². The lowest BCUT2D eigenvalue weighted by Gasteiger charge is -2.33. The standard InChI is InChI=1S/C19H35N3O3/c23-19(20-9-13-25-18-7-3-1-2-4-8-18)22-10-5-6-17(22)16-21-11-14-24-15-12-21/h17-18H,1-16H2,(H,20,23). The van der Waals surface area contributed by atoms with Crippen LogP contribution < -0.4 is 5.32 Å². The minimum atomic E-state index is 0.0835. The van der Waals surface area contributed by atoms with Gasteiger partial charge >= 0.3 is 6.03 Å². The minimum Gasteiger partial charge on any atom is -0.379 e. The maximum Gasteiger partial charge on any atom is 0.317 e. The second-order valence-electron chi connectivity index (χ2n) is 7.62. The number of ether oxygens (including phenoxy) is 2. The number of hydrogen-bond acceptors (Lipinski definition) is 4. The van der Waals surface area contributed by atoms with E-state index < -0.39 is 0 Å². The molecule has 6 nitrogen and oxygen atoms in total. The second-order valence-corrected chi connectivity index (χ2v) is 7.62. The van der Waals surface area contributed by atoms with E-state index in [9.17, 15) is 4.79 Å². The summed E-state index contributed by atoms with van der Waals surface area (Å²) in [6.07, 6.45) is 10.3. The van der Waals surface area contributed by atoms with Crippen LogP contribution in [0.4, 0.5) is 4.79 Å². The number of urea groups is 1. The molecule has 144 valence electrons. The maximum absolute atomic E-state index is 12.5. The van der Waals surface area contributed by atoms with E-state index in [2.05, 4.69) is 10.2 Å². The summed E-state index contributed by atoms with van der Waals surface area (Å²) in [4.78, 5) is 17.0. The summed E-state index contributed by atoms with van der Waals surface area (Å²) in [5, 5.41) is 3.07. The van der Waals surface area contributed by atoms with Crippen molar-refractivity contribution < 1.29 is 14.3 Å².